The second-order valence-corrected chi connectivity index (χ2v) is 3.28. The van der Waals surface area contributed by atoms with Gasteiger partial charge in [0, 0.05) is 7.21 Å². The third-order valence-electron chi connectivity index (χ3n) is 1.48. The third-order valence-corrected chi connectivity index (χ3v) is 1.97. The maximum absolute atomic E-state index is 9.70. The molecule has 0 aromatic heterocycles. The molecule has 3 heteroatoms. The molecule has 1 unspecified atom stereocenters. The number of aliphatic hydroxyl groups excluding tert-OH is 1. The van der Waals surface area contributed by atoms with E-state index in [-0.39, 0.29) is 6.54 Å². The number of nitrogens with two attached hydrogens (primary N) is 1. The summed E-state index contributed by atoms with van der Waals surface area (Å²) in [5.41, 5.74) is 5.76. The van der Waals surface area contributed by atoms with E-state index in [9.17, 15) is 5.11 Å². The molecule has 12 heavy (non-hydrogen) atoms. The van der Waals surface area contributed by atoms with Crippen molar-refractivity contribution < 1.29 is 7.85 Å². The Hall–Kier alpha value is -0.380. The summed E-state index contributed by atoms with van der Waals surface area (Å²) >= 11 is 3.25. The topological polar surface area (TPSA) is 46.2 Å². The number of halogens is 1. The molecule has 0 saturated heterocycles. The van der Waals surface area contributed by atoms with E-state index in [0.29, 0.717) is 5.56 Å². The van der Waals surface area contributed by atoms with Gasteiger partial charge in [-0.05, 0) is 30.6 Å². The Bertz CT molecular complexity index is 319. The SMILES string of the molecule is [2H]C([2H])(CN)C(O)c1cccc(Br)c1. The van der Waals surface area contributed by atoms with Crippen molar-refractivity contribution >= 4 is 15.9 Å². The molecule has 0 aliphatic heterocycles. The lowest BCUT2D eigenvalue weighted by Crippen LogP contribution is -2.06. The summed E-state index contributed by atoms with van der Waals surface area (Å²) in [7, 11) is 0. The van der Waals surface area contributed by atoms with Crippen LogP contribution < -0.4 is 5.73 Å². The van der Waals surface area contributed by atoms with E-state index in [4.69, 9.17) is 8.48 Å². The molecule has 66 valence electrons. The van der Waals surface area contributed by atoms with Crippen LogP contribution in [0.2, 0.25) is 0 Å². The Labute approximate surface area is 83.3 Å². The van der Waals surface area contributed by atoms with Crippen LogP contribution in [0.15, 0.2) is 28.7 Å². The molecule has 1 atom stereocenters. The normalized spacial score (nSPS) is 16.6. The Morgan fingerprint density at radius 1 is 1.67 bits per heavy atom. The lowest BCUT2D eigenvalue weighted by Gasteiger charge is -2.09. The third kappa shape index (κ3) is 2.59. The first-order valence-corrected chi connectivity index (χ1v) is 4.40. The minimum Gasteiger partial charge on any atom is -0.388 e. The summed E-state index contributed by atoms with van der Waals surface area (Å²) in [6, 6.07) is 6.91. The van der Waals surface area contributed by atoms with Gasteiger partial charge in [0.1, 0.15) is 0 Å². The van der Waals surface area contributed by atoms with Crippen LogP contribution in [0, 0.1) is 0 Å². The highest BCUT2D eigenvalue weighted by atomic mass is 79.9. The summed E-state index contributed by atoms with van der Waals surface area (Å²) in [6.07, 6.45) is -2.98. The molecular formula is C9H12BrNO. The molecule has 0 saturated carbocycles. The van der Waals surface area contributed by atoms with Gasteiger partial charge in [-0.1, -0.05) is 28.1 Å². The van der Waals surface area contributed by atoms with Gasteiger partial charge in [0.05, 0.1) is 6.10 Å². The monoisotopic (exact) mass is 231 g/mol. The van der Waals surface area contributed by atoms with Crippen molar-refractivity contribution in [3.8, 4) is 0 Å². The quantitative estimate of drug-likeness (QED) is 0.835. The molecule has 1 aromatic carbocycles. The Morgan fingerprint density at radius 2 is 2.42 bits per heavy atom. The van der Waals surface area contributed by atoms with E-state index in [1.165, 1.54) is 0 Å². The molecule has 0 aliphatic rings. The first-order chi connectivity index (χ1) is 6.47. The first-order valence-electron chi connectivity index (χ1n) is 4.61. The van der Waals surface area contributed by atoms with Gasteiger partial charge in [-0.15, -0.1) is 0 Å². The second kappa shape index (κ2) is 4.60. The van der Waals surface area contributed by atoms with Crippen molar-refractivity contribution in [2.24, 2.45) is 5.73 Å². The average molecular weight is 232 g/mol. The number of rotatable bonds is 3. The minimum absolute atomic E-state index is 0.208. The van der Waals surface area contributed by atoms with Crippen LogP contribution in [0.5, 0.6) is 0 Å². The van der Waals surface area contributed by atoms with Crippen LogP contribution in [-0.2, 0) is 0 Å². The van der Waals surface area contributed by atoms with Crippen LogP contribution >= 0.6 is 15.9 Å². The summed E-state index contributed by atoms with van der Waals surface area (Å²) < 4.78 is 15.7. The molecule has 3 N–H and O–H groups in total. The average Bonchev–Trinajstić information content (AvgIpc) is 2.16. The Morgan fingerprint density at radius 3 is 3.00 bits per heavy atom. The number of benzene rings is 1. The molecule has 0 fully saturated rings. The Balaban J connectivity index is 2.94. The smallest absolute Gasteiger partial charge is 0.0802 e. The number of aliphatic hydroxyl groups is 1. The number of hydrogen-bond acceptors (Lipinski definition) is 2. The minimum atomic E-state index is -1.79. The van der Waals surface area contributed by atoms with Gasteiger partial charge in [-0.25, -0.2) is 0 Å². The van der Waals surface area contributed by atoms with E-state index in [0.717, 1.165) is 4.47 Å². The molecule has 0 bridgehead atoms. The maximum Gasteiger partial charge on any atom is 0.0802 e. The van der Waals surface area contributed by atoms with Crippen molar-refractivity contribution in [1.82, 2.24) is 0 Å². The molecule has 1 aromatic rings. The highest BCUT2D eigenvalue weighted by Crippen LogP contribution is 2.19. The molecule has 0 spiro atoms. The highest BCUT2D eigenvalue weighted by Gasteiger charge is 2.05. The fourth-order valence-corrected chi connectivity index (χ4v) is 1.32. The summed E-state index contributed by atoms with van der Waals surface area (Å²) in [4.78, 5) is 0. The molecule has 0 radical (unpaired) electrons. The van der Waals surface area contributed by atoms with Gasteiger partial charge in [0.25, 0.3) is 0 Å². The zero-order chi connectivity index (χ0) is 10.8. The van der Waals surface area contributed by atoms with Crippen LogP contribution in [0.4, 0.5) is 0 Å². The van der Waals surface area contributed by atoms with Gasteiger partial charge in [0.15, 0.2) is 0 Å². The van der Waals surface area contributed by atoms with Crippen LogP contribution in [-0.4, -0.2) is 11.7 Å². The molecule has 0 amide bonds. The zero-order valence-corrected chi connectivity index (χ0v) is 8.08. The van der Waals surface area contributed by atoms with Gasteiger partial charge < -0.3 is 10.8 Å². The number of hydrogen-bond donors (Lipinski definition) is 2. The van der Waals surface area contributed by atoms with Gasteiger partial charge in [-0.2, -0.15) is 0 Å². The van der Waals surface area contributed by atoms with E-state index in [1.54, 1.807) is 18.2 Å². The standard InChI is InChI=1S/C9H12BrNO/c10-8-3-1-2-7(6-8)9(12)4-5-11/h1-3,6,9,12H,4-5,11H2/i4D2. The van der Waals surface area contributed by atoms with Gasteiger partial charge in [-0.3, -0.25) is 0 Å². The lowest BCUT2D eigenvalue weighted by atomic mass is 10.1. The second-order valence-electron chi connectivity index (χ2n) is 2.37. The van der Waals surface area contributed by atoms with Crippen molar-refractivity contribution in [2.75, 3.05) is 6.54 Å². The van der Waals surface area contributed by atoms with Crippen molar-refractivity contribution in [1.29, 1.82) is 0 Å². The van der Waals surface area contributed by atoms with Crippen molar-refractivity contribution in [2.45, 2.75) is 12.5 Å². The van der Waals surface area contributed by atoms with E-state index in [1.807, 2.05) is 6.07 Å². The van der Waals surface area contributed by atoms with E-state index >= 15 is 0 Å². The molecule has 0 heterocycles. The van der Waals surface area contributed by atoms with E-state index < -0.39 is 12.5 Å². The van der Waals surface area contributed by atoms with Gasteiger partial charge in [0.2, 0.25) is 0 Å². The fraction of sp³-hybridized carbons (Fsp3) is 0.333. The highest BCUT2D eigenvalue weighted by molar-refractivity contribution is 9.10. The van der Waals surface area contributed by atoms with Crippen LogP contribution in [0.3, 0.4) is 0 Å². The predicted molar refractivity (Wildman–Crippen MR) is 52.8 cm³/mol. The molecule has 1 rings (SSSR count). The van der Waals surface area contributed by atoms with Crippen molar-refractivity contribution in [3.05, 3.63) is 34.3 Å². The van der Waals surface area contributed by atoms with Gasteiger partial charge >= 0.3 is 0 Å². The fourth-order valence-electron chi connectivity index (χ4n) is 0.906. The zero-order valence-electron chi connectivity index (χ0n) is 8.50. The molecular weight excluding hydrogens is 218 g/mol. The lowest BCUT2D eigenvalue weighted by molar-refractivity contribution is 0.170. The van der Waals surface area contributed by atoms with Crippen LogP contribution in [0.25, 0.3) is 0 Å². The molecule has 0 aliphatic carbocycles. The Kier molecular flexibility index (Phi) is 2.71. The summed E-state index contributed by atoms with van der Waals surface area (Å²) in [6.45, 7) is -0.208. The first kappa shape index (κ1) is 7.06. The van der Waals surface area contributed by atoms with Crippen molar-refractivity contribution in [3.63, 3.8) is 0 Å². The summed E-state index contributed by atoms with van der Waals surface area (Å²) in [5.74, 6) is 0. The predicted octanol–water partition coefficient (Wildman–Crippen LogP) is 1.83. The molecule has 2 nitrogen and oxygen atoms in total. The van der Waals surface area contributed by atoms with Crippen LogP contribution in [0.1, 0.15) is 20.8 Å². The summed E-state index contributed by atoms with van der Waals surface area (Å²) in [5, 5.41) is 9.70. The van der Waals surface area contributed by atoms with E-state index in [2.05, 4.69) is 15.9 Å². The largest absolute Gasteiger partial charge is 0.388 e. The maximum atomic E-state index is 9.70.